The van der Waals surface area contributed by atoms with Crippen LogP contribution in [-0.4, -0.2) is 38.4 Å². The number of likely N-dealkylation sites (N-methyl/N-ethyl adjacent to an activating group) is 1. The van der Waals surface area contributed by atoms with Crippen LogP contribution in [-0.2, 0) is 21.4 Å². The van der Waals surface area contributed by atoms with Gasteiger partial charge >= 0.3 is 0 Å². The molecule has 3 rings (SSSR count). The van der Waals surface area contributed by atoms with Gasteiger partial charge in [0.2, 0.25) is 10.0 Å². The van der Waals surface area contributed by atoms with Crippen LogP contribution in [0.1, 0.15) is 11.1 Å². The van der Waals surface area contributed by atoms with Gasteiger partial charge in [-0.3, -0.25) is 4.79 Å². The van der Waals surface area contributed by atoms with Crippen LogP contribution in [0, 0.1) is 0 Å². The largest absolute Gasteiger partial charge is 0.489 e. The molecule has 0 unspecified atom stereocenters. The van der Waals surface area contributed by atoms with Gasteiger partial charge in [0.1, 0.15) is 17.3 Å². The number of ether oxygens (including phenoxy) is 1. The molecular formula is C23H21Cl2N3O4S. The van der Waals surface area contributed by atoms with Gasteiger partial charge in [0.15, 0.2) is 0 Å². The summed E-state index contributed by atoms with van der Waals surface area (Å²) in [5.41, 5.74) is 4.06. The summed E-state index contributed by atoms with van der Waals surface area (Å²) in [4.78, 5) is 12.0. The Kier molecular flexibility index (Phi) is 8.46. The first-order valence-electron chi connectivity index (χ1n) is 9.76. The van der Waals surface area contributed by atoms with Crippen molar-refractivity contribution in [3.8, 4) is 5.75 Å². The number of rotatable bonds is 9. The Bertz CT molecular complexity index is 1250. The van der Waals surface area contributed by atoms with Crippen molar-refractivity contribution in [2.24, 2.45) is 5.10 Å². The molecule has 10 heteroatoms. The predicted octanol–water partition coefficient (Wildman–Crippen LogP) is 4.34. The van der Waals surface area contributed by atoms with Gasteiger partial charge in [0, 0.05) is 12.1 Å². The molecule has 3 aromatic carbocycles. The van der Waals surface area contributed by atoms with Crippen LogP contribution in [0.2, 0.25) is 10.0 Å². The fraction of sp³-hybridized carbons (Fsp3) is 0.130. The van der Waals surface area contributed by atoms with Crippen molar-refractivity contribution >= 4 is 45.3 Å². The van der Waals surface area contributed by atoms with Crippen molar-refractivity contribution < 1.29 is 17.9 Å². The van der Waals surface area contributed by atoms with Gasteiger partial charge in [-0.15, -0.1) is 0 Å². The van der Waals surface area contributed by atoms with E-state index in [4.69, 9.17) is 27.9 Å². The van der Waals surface area contributed by atoms with Crippen molar-refractivity contribution in [1.29, 1.82) is 0 Å². The molecule has 0 aliphatic heterocycles. The first-order valence-corrected chi connectivity index (χ1v) is 12.0. The minimum atomic E-state index is -4.01. The standard InChI is InChI=1S/C23H21Cl2N3O4S/c1-28(33(30,31)22-13-19(24)10-11-21(22)25)15-23(29)27-26-14-18-8-5-9-20(12-18)32-16-17-6-3-2-4-7-17/h2-14H,15-16H2,1H3,(H,27,29)/b26-14-. The molecule has 172 valence electrons. The van der Waals surface area contributed by atoms with E-state index in [1.54, 1.807) is 18.2 Å². The zero-order valence-corrected chi connectivity index (χ0v) is 19.9. The van der Waals surface area contributed by atoms with Crippen LogP contribution in [0.25, 0.3) is 0 Å². The van der Waals surface area contributed by atoms with E-state index in [9.17, 15) is 13.2 Å². The number of benzene rings is 3. The second kappa shape index (κ2) is 11.3. The molecule has 0 aliphatic rings. The maximum absolute atomic E-state index is 12.7. The zero-order chi connectivity index (χ0) is 23.8. The van der Waals surface area contributed by atoms with Gasteiger partial charge < -0.3 is 4.74 Å². The summed E-state index contributed by atoms with van der Waals surface area (Å²) in [6.45, 7) is -0.0294. The number of halogens is 2. The highest BCUT2D eigenvalue weighted by Crippen LogP contribution is 2.27. The highest BCUT2D eigenvalue weighted by molar-refractivity contribution is 7.89. The molecule has 0 atom stereocenters. The third kappa shape index (κ3) is 7.03. The molecule has 0 bridgehead atoms. The van der Waals surface area contributed by atoms with E-state index in [0.717, 1.165) is 9.87 Å². The van der Waals surface area contributed by atoms with Crippen molar-refractivity contribution in [2.75, 3.05) is 13.6 Å². The Balaban J connectivity index is 1.56. The lowest BCUT2D eigenvalue weighted by Gasteiger charge is -2.17. The van der Waals surface area contributed by atoms with Crippen LogP contribution in [0.3, 0.4) is 0 Å². The zero-order valence-electron chi connectivity index (χ0n) is 17.6. The number of sulfonamides is 1. The molecule has 1 amide bonds. The smallest absolute Gasteiger partial charge is 0.255 e. The molecule has 0 heterocycles. The van der Waals surface area contributed by atoms with Gasteiger partial charge in [-0.05, 0) is 41.5 Å². The predicted molar refractivity (Wildman–Crippen MR) is 129 cm³/mol. The first-order chi connectivity index (χ1) is 15.8. The first kappa shape index (κ1) is 24.7. The minimum absolute atomic E-state index is 0.0130. The molecule has 0 aromatic heterocycles. The number of hydrogen-bond acceptors (Lipinski definition) is 5. The summed E-state index contributed by atoms with van der Waals surface area (Å²) in [5.74, 6) is 0.0327. The van der Waals surface area contributed by atoms with E-state index in [2.05, 4.69) is 10.5 Å². The number of amides is 1. The number of carbonyl (C=O) groups is 1. The number of hydrogen-bond donors (Lipinski definition) is 1. The van der Waals surface area contributed by atoms with Crippen molar-refractivity contribution in [1.82, 2.24) is 9.73 Å². The average molecular weight is 506 g/mol. The molecule has 0 saturated heterocycles. The Morgan fingerprint density at radius 1 is 1.06 bits per heavy atom. The van der Waals surface area contributed by atoms with Crippen LogP contribution in [0.4, 0.5) is 0 Å². The minimum Gasteiger partial charge on any atom is -0.489 e. The van der Waals surface area contributed by atoms with E-state index in [1.165, 1.54) is 31.5 Å². The van der Waals surface area contributed by atoms with Crippen LogP contribution < -0.4 is 10.2 Å². The third-order valence-corrected chi connectivity index (χ3v) is 6.98. The van der Waals surface area contributed by atoms with Gasteiger partial charge in [-0.25, -0.2) is 13.8 Å². The molecule has 0 saturated carbocycles. The Morgan fingerprint density at radius 3 is 2.58 bits per heavy atom. The number of nitrogens with zero attached hydrogens (tertiary/aromatic N) is 2. The lowest BCUT2D eigenvalue weighted by Crippen LogP contribution is -2.36. The van der Waals surface area contributed by atoms with E-state index in [0.29, 0.717) is 17.9 Å². The molecular weight excluding hydrogens is 485 g/mol. The maximum Gasteiger partial charge on any atom is 0.255 e. The lowest BCUT2D eigenvalue weighted by molar-refractivity contribution is -0.121. The quantitative estimate of drug-likeness (QED) is 0.346. The number of hydrazone groups is 1. The van der Waals surface area contributed by atoms with Crippen LogP contribution in [0.15, 0.2) is 82.8 Å². The monoisotopic (exact) mass is 505 g/mol. The fourth-order valence-corrected chi connectivity index (χ4v) is 4.63. The van der Waals surface area contributed by atoms with E-state index >= 15 is 0 Å². The van der Waals surface area contributed by atoms with E-state index < -0.39 is 22.5 Å². The van der Waals surface area contributed by atoms with Crippen molar-refractivity contribution in [2.45, 2.75) is 11.5 Å². The fourth-order valence-electron chi connectivity index (χ4n) is 2.77. The van der Waals surface area contributed by atoms with Crippen molar-refractivity contribution in [3.63, 3.8) is 0 Å². The summed E-state index contributed by atoms with van der Waals surface area (Å²) in [7, 11) is -2.74. The number of carbonyl (C=O) groups excluding carboxylic acids is 1. The number of nitrogens with one attached hydrogen (secondary N) is 1. The second-order valence-corrected chi connectivity index (χ2v) is 9.83. The molecule has 0 aliphatic carbocycles. The SMILES string of the molecule is CN(CC(=O)N/N=C\c1cccc(OCc2ccccc2)c1)S(=O)(=O)c1cc(Cl)ccc1Cl. The summed E-state index contributed by atoms with van der Waals surface area (Å²) in [5, 5.41) is 4.12. The van der Waals surface area contributed by atoms with Gasteiger partial charge in [0.05, 0.1) is 17.8 Å². The maximum atomic E-state index is 12.7. The Labute approximate surface area is 202 Å². The van der Waals surface area contributed by atoms with E-state index in [1.807, 2.05) is 36.4 Å². The van der Waals surface area contributed by atoms with Crippen LogP contribution >= 0.6 is 23.2 Å². The molecule has 3 aromatic rings. The molecule has 0 spiro atoms. The molecule has 7 nitrogen and oxygen atoms in total. The highest BCUT2D eigenvalue weighted by Gasteiger charge is 2.25. The summed E-state index contributed by atoms with van der Waals surface area (Å²) in [6, 6.07) is 21.0. The molecule has 33 heavy (non-hydrogen) atoms. The third-order valence-electron chi connectivity index (χ3n) is 4.46. The molecule has 0 radical (unpaired) electrons. The van der Waals surface area contributed by atoms with Crippen LogP contribution in [0.5, 0.6) is 5.75 Å². The Hall–Kier alpha value is -2.91. The van der Waals surface area contributed by atoms with Crippen molar-refractivity contribution in [3.05, 3.63) is 94.0 Å². The highest BCUT2D eigenvalue weighted by atomic mass is 35.5. The summed E-state index contributed by atoms with van der Waals surface area (Å²) in [6.07, 6.45) is 1.44. The molecule has 0 fully saturated rings. The van der Waals surface area contributed by atoms with E-state index in [-0.39, 0.29) is 14.9 Å². The molecule has 1 N–H and O–H groups in total. The van der Waals surface area contributed by atoms with Gasteiger partial charge in [0.25, 0.3) is 5.91 Å². The van der Waals surface area contributed by atoms with Gasteiger partial charge in [-0.2, -0.15) is 9.41 Å². The summed E-state index contributed by atoms with van der Waals surface area (Å²) < 4.78 is 32.0. The lowest BCUT2D eigenvalue weighted by atomic mass is 10.2. The summed E-state index contributed by atoms with van der Waals surface area (Å²) >= 11 is 11.9. The normalized spacial score (nSPS) is 11.6. The topological polar surface area (TPSA) is 88.1 Å². The average Bonchev–Trinajstić information content (AvgIpc) is 2.80. The Morgan fingerprint density at radius 2 is 1.82 bits per heavy atom. The second-order valence-electron chi connectivity index (χ2n) is 6.98. The van der Waals surface area contributed by atoms with Gasteiger partial charge in [-0.1, -0.05) is 65.7 Å².